The van der Waals surface area contributed by atoms with E-state index < -0.39 is 0 Å². The first-order chi connectivity index (χ1) is 13.7. The molecule has 0 bridgehead atoms. The molecule has 1 aliphatic rings. The number of aldehydes is 1. The van der Waals surface area contributed by atoms with E-state index in [9.17, 15) is 4.79 Å². The lowest BCUT2D eigenvalue weighted by molar-refractivity contribution is -0.107. The Morgan fingerprint density at radius 1 is 1.11 bits per heavy atom. The van der Waals surface area contributed by atoms with Crippen molar-refractivity contribution in [2.45, 2.75) is 31.7 Å². The van der Waals surface area contributed by atoms with E-state index in [1.165, 1.54) is 5.56 Å². The van der Waals surface area contributed by atoms with Gasteiger partial charge in [-0.15, -0.1) is 0 Å². The van der Waals surface area contributed by atoms with Gasteiger partial charge in [-0.2, -0.15) is 0 Å². The molecule has 0 unspecified atom stereocenters. The standard InChI is InChI=1S/C22H21Cl2N3O/c23-18-10-9-17(13-19(18)24)21-20(16-7-8-16)25-22(26-21)27(11-4-12-28)14-15-5-2-1-3-6-15/h1-3,5-6,9-10,12-13,16H,4,7-8,11,14H2,(H,25,26). The van der Waals surface area contributed by atoms with Crippen LogP contribution in [-0.2, 0) is 11.3 Å². The number of carbonyl (C=O) groups excluding carboxylic acids is 1. The Kier molecular flexibility index (Phi) is 5.69. The van der Waals surface area contributed by atoms with Crippen molar-refractivity contribution in [3.05, 3.63) is 69.8 Å². The van der Waals surface area contributed by atoms with Crippen molar-refractivity contribution >= 4 is 35.4 Å². The second kappa shape index (κ2) is 8.38. The second-order valence-corrected chi connectivity index (χ2v) is 7.90. The average molecular weight is 414 g/mol. The van der Waals surface area contributed by atoms with Gasteiger partial charge in [-0.3, -0.25) is 0 Å². The van der Waals surface area contributed by atoms with E-state index >= 15 is 0 Å². The quantitative estimate of drug-likeness (QED) is 0.470. The van der Waals surface area contributed by atoms with Crippen molar-refractivity contribution in [2.75, 3.05) is 11.4 Å². The van der Waals surface area contributed by atoms with E-state index in [4.69, 9.17) is 28.2 Å². The normalized spacial score (nSPS) is 13.5. The summed E-state index contributed by atoms with van der Waals surface area (Å²) < 4.78 is 0. The van der Waals surface area contributed by atoms with Gasteiger partial charge in [0.15, 0.2) is 0 Å². The Balaban J connectivity index is 1.70. The van der Waals surface area contributed by atoms with Crippen LogP contribution in [-0.4, -0.2) is 22.8 Å². The predicted molar refractivity (Wildman–Crippen MR) is 114 cm³/mol. The first-order valence-electron chi connectivity index (χ1n) is 9.43. The molecule has 0 aliphatic heterocycles. The van der Waals surface area contributed by atoms with Gasteiger partial charge in [-0.25, -0.2) is 4.98 Å². The van der Waals surface area contributed by atoms with Crippen LogP contribution in [0.3, 0.4) is 0 Å². The number of hydrogen-bond donors (Lipinski definition) is 1. The van der Waals surface area contributed by atoms with Crippen LogP contribution in [0.25, 0.3) is 11.3 Å². The minimum atomic E-state index is 0.453. The second-order valence-electron chi connectivity index (χ2n) is 7.09. The van der Waals surface area contributed by atoms with Crippen molar-refractivity contribution in [2.24, 2.45) is 0 Å². The van der Waals surface area contributed by atoms with E-state index in [-0.39, 0.29) is 0 Å². The molecule has 2 aromatic carbocycles. The van der Waals surface area contributed by atoms with Gasteiger partial charge in [0, 0.05) is 36.7 Å². The summed E-state index contributed by atoms with van der Waals surface area (Å²) in [6, 6.07) is 15.8. The SMILES string of the molecule is O=CCCN(Cc1ccccc1)c1nc(-c2ccc(Cl)c(Cl)c2)c(C2CC2)[nH]1. The number of H-pyrrole nitrogens is 1. The number of rotatable bonds is 8. The maximum Gasteiger partial charge on any atom is 0.203 e. The van der Waals surface area contributed by atoms with E-state index in [2.05, 4.69) is 22.0 Å². The molecular weight excluding hydrogens is 393 g/mol. The van der Waals surface area contributed by atoms with Gasteiger partial charge >= 0.3 is 0 Å². The van der Waals surface area contributed by atoms with Crippen LogP contribution >= 0.6 is 23.2 Å². The molecule has 1 N–H and O–H groups in total. The number of aromatic amines is 1. The molecule has 3 aromatic rings. The number of aromatic nitrogens is 2. The molecule has 4 rings (SSSR count). The number of carbonyl (C=O) groups is 1. The summed E-state index contributed by atoms with van der Waals surface area (Å²) in [4.78, 5) is 21.6. The molecule has 1 aromatic heterocycles. The summed E-state index contributed by atoms with van der Waals surface area (Å²) in [5.41, 5.74) is 4.18. The maximum atomic E-state index is 11.0. The fraction of sp³-hybridized carbons (Fsp3) is 0.273. The van der Waals surface area contributed by atoms with Gasteiger partial charge in [-0.1, -0.05) is 59.6 Å². The molecule has 144 valence electrons. The monoisotopic (exact) mass is 413 g/mol. The van der Waals surface area contributed by atoms with E-state index in [0.29, 0.717) is 35.5 Å². The first kappa shape index (κ1) is 19.0. The average Bonchev–Trinajstić information content (AvgIpc) is 3.46. The summed E-state index contributed by atoms with van der Waals surface area (Å²) in [6.45, 7) is 1.30. The molecule has 1 fully saturated rings. The minimum Gasteiger partial charge on any atom is -0.338 e. The lowest BCUT2D eigenvalue weighted by atomic mass is 10.1. The summed E-state index contributed by atoms with van der Waals surface area (Å²) in [7, 11) is 0. The molecule has 0 atom stereocenters. The summed E-state index contributed by atoms with van der Waals surface area (Å²) in [6.07, 6.45) is 3.71. The minimum absolute atomic E-state index is 0.453. The third-order valence-corrected chi connectivity index (χ3v) is 5.67. The van der Waals surface area contributed by atoms with Crippen LogP contribution in [0.2, 0.25) is 10.0 Å². The fourth-order valence-corrected chi connectivity index (χ4v) is 3.62. The summed E-state index contributed by atoms with van der Waals surface area (Å²) in [5.74, 6) is 1.28. The molecule has 4 nitrogen and oxygen atoms in total. The summed E-state index contributed by atoms with van der Waals surface area (Å²) in [5, 5.41) is 1.05. The van der Waals surface area contributed by atoms with Gasteiger partial charge in [-0.05, 0) is 30.5 Å². The van der Waals surface area contributed by atoms with Gasteiger partial charge < -0.3 is 14.7 Å². The Morgan fingerprint density at radius 2 is 1.89 bits per heavy atom. The molecule has 0 spiro atoms. The highest BCUT2D eigenvalue weighted by molar-refractivity contribution is 6.42. The van der Waals surface area contributed by atoms with Crippen LogP contribution in [0.4, 0.5) is 5.95 Å². The maximum absolute atomic E-state index is 11.0. The number of nitrogens with one attached hydrogen (secondary N) is 1. The van der Waals surface area contributed by atoms with Crippen LogP contribution < -0.4 is 4.90 Å². The lowest BCUT2D eigenvalue weighted by Crippen LogP contribution is -2.25. The van der Waals surface area contributed by atoms with Crippen LogP contribution in [0.15, 0.2) is 48.5 Å². The largest absolute Gasteiger partial charge is 0.338 e. The Bertz CT molecular complexity index is 967. The van der Waals surface area contributed by atoms with Crippen LogP contribution in [0, 0.1) is 0 Å². The van der Waals surface area contributed by atoms with Crippen molar-refractivity contribution in [1.82, 2.24) is 9.97 Å². The molecule has 1 saturated carbocycles. The van der Waals surface area contributed by atoms with Gasteiger partial charge in [0.2, 0.25) is 5.95 Å². The summed E-state index contributed by atoms with van der Waals surface area (Å²) >= 11 is 12.3. The van der Waals surface area contributed by atoms with E-state index in [1.807, 2.05) is 30.3 Å². The molecule has 6 heteroatoms. The highest BCUT2D eigenvalue weighted by Gasteiger charge is 2.30. The van der Waals surface area contributed by atoms with E-state index in [0.717, 1.165) is 42.0 Å². The third kappa shape index (κ3) is 4.23. The van der Waals surface area contributed by atoms with E-state index in [1.54, 1.807) is 6.07 Å². The molecule has 0 saturated heterocycles. The van der Waals surface area contributed by atoms with Crippen LogP contribution in [0.1, 0.15) is 36.4 Å². The first-order valence-corrected chi connectivity index (χ1v) is 10.2. The van der Waals surface area contributed by atoms with Crippen molar-refractivity contribution in [3.8, 4) is 11.3 Å². The third-order valence-electron chi connectivity index (χ3n) is 4.93. The van der Waals surface area contributed by atoms with Crippen molar-refractivity contribution in [1.29, 1.82) is 0 Å². The number of nitrogens with zero attached hydrogens (tertiary/aromatic N) is 2. The fourth-order valence-electron chi connectivity index (χ4n) is 3.33. The van der Waals surface area contributed by atoms with Gasteiger partial charge in [0.05, 0.1) is 15.7 Å². The molecular formula is C22H21Cl2N3O. The molecule has 1 heterocycles. The number of anilines is 1. The Labute approximate surface area is 174 Å². The molecule has 0 radical (unpaired) electrons. The highest BCUT2D eigenvalue weighted by atomic mass is 35.5. The Hall–Kier alpha value is -2.30. The molecule has 28 heavy (non-hydrogen) atoms. The molecule has 1 aliphatic carbocycles. The van der Waals surface area contributed by atoms with Gasteiger partial charge in [0.25, 0.3) is 0 Å². The number of imidazole rings is 1. The van der Waals surface area contributed by atoms with Crippen molar-refractivity contribution in [3.63, 3.8) is 0 Å². The zero-order chi connectivity index (χ0) is 19.5. The number of halogens is 2. The zero-order valence-corrected chi connectivity index (χ0v) is 16.9. The number of hydrogen-bond acceptors (Lipinski definition) is 3. The zero-order valence-electron chi connectivity index (χ0n) is 15.4. The smallest absolute Gasteiger partial charge is 0.203 e. The van der Waals surface area contributed by atoms with Crippen LogP contribution in [0.5, 0.6) is 0 Å². The molecule has 0 amide bonds. The van der Waals surface area contributed by atoms with Gasteiger partial charge in [0.1, 0.15) is 6.29 Å². The van der Waals surface area contributed by atoms with Crippen molar-refractivity contribution < 1.29 is 4.79 Å². The number of benzene rings is 2. The lowest BCUT2D eigenvalue weighted by Gasteiger charge is -2.21. The predicted octanol–water partition coefficient (Wildman–Crippen LogP) is 5.86. The topological polar surface area (TPSA) is 49.0 Å². The highest BCUT2D eigenvalue weighted by Crippen LogP contribution is 2.44. The Morgan fingerprint density at radius 3 is 2.57 bits per heavy atom.